The van der Waals surface area contributed by atoms with Crippen LogP contribution in [0.1, 0.15) is 24.8 Å². The second-order valence-electron chi connectivity index (χ2n) is 5.07. The van der Waals surface area contributed by atoms with Crippen molar-refractivity contribution in [3.8, 4) is 0 Å². The van der Waals surface area contributed by atoms with Crippen LogP contribution in [0.25, 0.3) is 0 Å². The molecule has 4 heteroatoms. The molecule has 1 aromatic carbocycles. The molecule has 0 heterocycles. The fourth-order valence-corrected chi connectivity index (χ4v) is 2.37. The van der Waals surface area contributed by atoms with Crippen molar-refractivity contribution in [3.63, 3.8) is 0 Å². The number of aliphatic carboxylic acids is 1. The second kappa shape index (κ2) is 6.89. The Morgan fingerprint density at radius 3 is 2.60 bits per heavy atom. The molecule has 1 aromatic rings. The third-order valence-corrected chi connectivity index (χ3v) is 3.54. The van der Waals surface area contributed by atoms with Crippen LogP contribution >= 0.6 is 0 Å². The molecule has 1 aliphatic rings. The zero-order valence-electron chi connectivity index (χ0n) is 11.3. The summed E-state index contributed by atoms with van der Waals surface area (Å²) in [6, 6.07) is 8.48. The van der Waals surface area contributed by atoms with Gasteiger partial charge in [0.2, 0.25) is 5.91 Å². The van der Waals surface area contributed by atoms with E-state index in [1.807, 2.05) is 36.4 Å². The van der Waals surface area contributed by atoms with Gasteiger partial charge in [0.1, 0.15) is 6.04 Å². The molecule has 1 amide bonds. The van der Waals surface area contributed by atoms with E-state index in [4.69, 9.17) is 0 Å². The van der Waals surface area contributed by atoms with E-state index in [0.29, 0.717) is 12.8 Å². The highest BCUT2D eigenvalue weighted by Crippen LogP contribution is 2.18. The number of hydrogen-bond acceptors (Lipinski definition) is 2. The molecule has 0 saturated carbocycles. The summed E-state index contributed by atoms with van der Waals surface area (Å²) >= 11 is 0. The highest BCUT2D eigenvalue weighted by atomic mass is 16.4. The molecule has 20 heavy (non-hydrogen) atoms. The number of carboxylic acid groups (broad SMARTS) is 1. The summed E-state index contributed by atoms with van der Waals surface area (Å²) in [5, 5.41) is 11.9. The summed E-state index contributed by atoms with van der Waals surface area (Å²) in [4.78, 5) is 23.4. The molecule has 0 fully saturated rings. The lowest BCUT2D eigenvalue weighted by molar-refractivity contribution is -0.142. The van der Waals surface area contributed by atoms with Gasteiger partial charge in [-0.05, 0) is 24.8 Å². The number of carbonyl (C=O) groups is 2. The van der Waals surface area contributed by atoms with E-state index in [2.05, 4.69) is 11.4 Å². The number of carboxylic acids is 1. The monoisotopic (exact) mass is 273 g/mol. The van der Waals surface area contributed by atoms with Gasteiger partial charge >= 0.3 is 5.97 Å². The molecule has 1 unspecified atom stereocenters. The highest BCUT2D eigenvalue weighted by Gasteiger charge is 2.25. The molecule has 4 nitrogen and oxygen atoms in total. The van der Waals surface area contributed by atoms with Gasteiger partial charge in [-0.25, -0.2) is 4.79 Å². The molecule has 0 spiro atoms. The maximum absolute atomic E-state index is 12.1. The van der Waals surface area contributed by atoms with Crippen molar-refractivity contribution < 1.29 is 14.7 Å². The van der Waals surface area contributed by atoms with E-state index in [1.54, 1.807) is 0 Å². The first-order valence-corrected chi connectivity index (χ1v) is 6.89. The lowest BCUT2D eigenvalue weighted by atomic mass is 9.93. The summed E-state index contributed by atoms with van der Waals surface area (Å²) in [5.41, 5.74) is 0.906. The fourth-order valence-electron chi connectivity index (χ4n) is 2.37. The van der Waals surface area contributed by atoms with Crippen LogP contribution in [0.5, 0.6) is 0 Å². The predicted molar refractivity (Wildman–Crippen MR) is 76.2 cm³/mol. The first-order valence-electron chi connectivity index (χ1n) is 6.89. The molecule has 2 rings (SSSR count). The molecule has 0 bridgehead atoms. The Kier molecular flexibility index (Phi) is 4.93. The van der Waals surface area contributed by atoms with Crippen molar-refractivity contribution in [2.75, 3.05) is 0 Å². The summed E-state index contributed by atoms with van der Waals surface area (Å²) in [6.07, 6.45) is 6.73. The van der Waals surface area contributed by atoms with Gasteiger partial charge in [-0.1, -0.05) is 42.5 Å². The Balaban J connectivity index is 1.97. The average molecular weight is 273 g/mol. The molecule has 0 saturated heterocycles. The Bertz CT molecular complexity index is 496. The lowest BCUT2D eigenvalue weighted by Crippen LogP contribution is -2.45. The Morgan fingerprint density at radius 2 is 2.00 bits per heavy atom. The van der Waals surface area contributed by atoms with Crippen LogP contribution in [0.15, 0.2) is 42.5 Å². The molecule has 0 radical (unpaired) electrons. The van der Waals surface area contributed by atoms with Crippen molar-refractivity contribution in [1.82, 2.24) is 5.32 Å². The van der Waals surface area contributed by atoms with Crippen molar-refractivity contribution in [2.45, 2.75) is 31.7 Å². The maximum atomic E-state index is 12.1. The van der Waals surface area contributed by atoms with Crippen LogP contribution in [0.3, 0.4) is 0 Å². The Hall–Kier alpha value is -2.10. The number of nitrogens with one attached hydrogen (secondary N) is 1. The number of allylic oxidation sites excluding steroid dienone is 2. The first-order chi connectivity index (χ1) is 9.66. The zero-order valence-corrected chi connectivity index (χ0v) is 11.3. The van der Waals surface area contributed by atoms with Crippen LogP contribution in [0.4, 0.5) is 0 Å². The van der Waals surface area contributed by atoms with Crippen molar-refractivity contribution in [1.29, 1.82) is 0 Å². The number of amides is 1. The lowest BCUT2D eigenvalue weighted by Gasteiger charge is -2.21. The third-order valence-electron chi connectivity index (χ3n) is 3.54. The van der Waals surface area contributed by atoms with Gasteiger partial charge in [0.25, 0.3) is 0 Å². The minimum atomic E-state index is -0.992. The minimum absolute atomic E-state index is 0.0994. The minimum Gasteiger partial charge on any atom is -0.480 e. The van der Waals surface area contributed by atoms with Crippen LogP contribution in [0.2, 0.25) is 0 Å². The molecule has 1 aliphatic carbocycles. The van der Waals surface area contributed by atoms with E-state index in [9.17, 15) is 14.7 Å². The zero-order chi connectivity index (χ0) is 14.4. The second-order valence-corrected chi connectivity index (χ2v) is 5.07. The Labute approximate surface area is 118 Å². The summed E-state index contributed by atoms with van der Waals surface area (Å²) in [5.74, 6) is -1.25. The van der Waals surface area contributed by atoms with E-state index < -0.39 is 12.0 Å². The van der Waals surface area contributed by atoms with Crippen molar-refractivity contribution in [2.24, 2.45) is 5.92 Å². The molecule has 0 aliphatic heterocycles. The largest absolute Gasteiger partial charge is 0.480 e. The number of carbonyl (C=O) groups excluding carboxylic acids is 1. The molecule has 0 aromatic heterocycles. The third kappa shape index (κ3) is 3.95. The molecular formula is C16H19NO3. The van der Waals surface area contributed by atoms with Gasteiger partial charge in [-0.2, -0.15) is 0 Å². The SMILES string of the molecule is O=C(N[C@@H](Cc1ccccc1)C(=O)O)C1CC=CCC1. The summed E-state index contributed by atoms with van der Waals surface area (Å²) in [7, 11) is 0. The van der Waals surface area contributed by atoms with Gasteiger partial charge in [0.15, 0.2) is 0 Å². The first kappa shape index (κ1) is 14.3. The molecule has 2 N–H and O–H groups in total. The van der Waals surface area contributed by atoms with Crippen LogP contribution < -0.4 is 5.32 Å². The molecule has 106 valence electrons. The van der Waals surface area contributed by atoms with Crippen molar-refractivity contribution in [3.05, 3.63) is 48.0 Å². The van der Waals surface area contributed by atoms with Gasteiger partial charge in [0.05, 0.1) is 0 Å². The van der Waals surface area contributed by atoms with Gasteiger partial charge in [-0.3, -0.25) is 4.79 Å². The van der Waals surface area contributed by atoms with E-state index >= 15 is 0 Å². The van der Waals surface area contributed by atoms with Gasteiger partial charge in [-0.15, -0.1) is 0 Å². The molecule has 2 atom stereocenters. The van der Waals surface area contributed by atoms with Crippen LogP contribution in [-0.4, -0.2) is 23.0 Å². The molecular weight excluding hydrogens is 254 g/mol. The number of benzene rings is 1. The fraction of sp³-hybridized carbons (Fsp3) is 0.375. The standard InChI is InChI=1S/C16H19NO3/c18-15(13-9-5-2-6-10-13)17-14(16(19)20)11-12-7-3-1-4-8-12/h1-5,7-8,13-14H,6,9-11H2,(H,17,18)(H,19,20)/t13?,14-/m0/s1. The van der Waals surface area contributed by atoms with E-state index in [0.717, 1.165) is 18.4 Å². The predicted octanol–water partition coefficient (Wildman–Crippen LogP) is 2.15. The Morgan fingerprint density at radius 1 is 1.25 bits per heavy atom. The van der Waals surface area contributed by atoms with Gasteiger partial charge < -0.3 is 10.4 Å². The maximum Gasteiger partial charge on any atom is 0.326 e. The van der Waals surface area contributed by atoms with Crippen LogP contribution in [-0.2, 0) is 16.0 Å². The summed E-state index contributed by atoms with van der Waals surface area (Å²) < 4.78 is 0. The quantitative estimate of drug-likeness (QED) is 0.808. The van der Waals surface area contributed by atoms with E-state index in [-0.39, 0.29) is 11.8 Å². The number of hydrogen-bond donors (Lipinski definition) is 2. The van der Waals surface area contributed by atoms with Crippen LogP contribution in [0, 0.1) is 5.92 Å². The smallest absolute Gasteiger partial charge is 0.326 e. The summed E-state index contributed by atoms with van der Waals surface area (Å²) in [6.45, 7) is 0. The normalized spacial score (nSPS) is 19.3. The van der Waals surface area contributed by atoms with Gasteiger partial charge in [0, 0.05) is 12.3 Å². The topological polar surface area (TPSA) is 66.4 Å². The van der Waals surface area contributed by atoms with Crippen molar-refractivity contribution >= 4 is 11.9 Å². The number of rotatable bonds is 5. The average Bonchev–Trinajstić information content (AvgIpc) is 2.48. The highest BCUT2D eigenvalue weighted by molar-refractivity contribution is 5.85. The van der Waals surface area contributed by atoms with E-state index in [1.165, 1.54) is 0 Å².